The number of rotatable bonds is 7. The summed E-state index contributed by atoms with van der Waals surface area (Å²) in [5.41, 5.74) is 6.11. The number of amides is 2. The fourth-order valence-electron chi connectivity index (χ4n) is 4.38. The number of hydrogen-bond acceptors (Lipinski definition) is 7. The summed E-state index contributed by atoms with van der Waals surface area (Å²) in [6.45, 7) is 12.9. The number of carbonyl (C=O) groups is 2. The van der Waals surface area contributed by atoms with E-state index in [1.54, 1.807) is 11.0 Å². The van der Waals surface area contributed by atoms with Gasteiger partial charge in [-0.3, -0.25) is 9.69 Å². The number of piperidine rings is 1. The smallest absolute Gasteiger partial charge is 0.410 e. The quantitative estimate of drug-likeness (QED) is 0.541. The Bertz CT molecular complexity index is 883. The lowest BCUT2D eigenvalue weighted by molar-refractivity contribution is -0.0342. The second-order valence-electron chi connectivity index (χ2n) is 10.2. The van der Waals surface area contributed by atoms with Crippen molar-refractivity contribution < 1.29 is 23.8 Å². The molecule has 35 heavy (non-hydrogen) atoms. The van der Waals surface area contributed by atoms with E-state index in [1.807, 2.05) is 27.7 Å². The van der Waals surface area contributed by atoms with Crippen LogP contribution < -0.4 is 15.8 Å². The van der Waals surface area contributed by atoms with Crippen molar-refractivity contribution in [2.24, 2.45) is 5.92 Å². The highest BCUT2D eigenvalue weighted by molar-refractivity contribution is 6.33. The first-order chi connectivity index (χ1) is 16.6. The van der Waals surface area contributed by atoms with Gasteiger partial charge in [-0.15, -0.1) is 0 Å². The summed E-state index contributed by atoms with van der Waals surface area (Å²) in [6.07, 6.45) is 1.58. The van der Waals surface area contributed by atoms with Gasteiger partial charge in [0.15, 0.2) is 0 Å². The number of nitrogens with zero attached hydrogens (tertiary/aromatic N) is 2. The molecule has 0 bridgehead atoms. The van der Waals surface area contributed by atoms with Gasteiger partial charge in [-0.1, -0.05) is 11.6 Å². The first-order valence-electron chi connectivity index (χ1n) is 12.4. The van der Waals surface area contributed by atoms with Gasteiger partial charge in [0.2, 0.25) is 0 Å². The Kier molecular flexibility index (Phi) is 9.49. The van der Waals surface area contributed by atoms with Crippen LogP contribution in [0, 0.1) is 5.92 Å². The average Bonchev–Trinajstić information content (AvgIpc) is 2.79. The third kappa shape index (κ3) is 8.15. The minimum absolute atomic E-state index is 0.102. The van der Waals surface area contributed by atoms with Crippen molar-refractivity contribution in [3.05, 3.63) is 22.7 Å². The van der Waals surface area contributed by atoms with Gasteiger partial charge in [0.05, 0.1) is 35.6 Å². The lowest BCUT2D eigenvalue weighted by Crippen LogP contribution is -2.50. The van der Waals surface area contributed by atoms with Crippen molar-refractivity contribution in [2.45, 2.75) is 52.2 Å². The highest BCUT2D eigenvalue weighted by atomic mass is 35.5. The van der Waals surface area contributed by atoms with Gasteiger partial charge in [0, 0.05) is 45.3 Å². The Hall–Kier alpha value is -2.23. The van der Waals surface area contributed by atoms with E-state index < -0.39 is 5.60 Å². The highest BCUT2D eigenvalue weighted by Crippen LogP contribution is 2.29. The van der Waals surface area contributed by atoms with Crippen LogP contribution >= 0.6 is 11.6 Å². The fraction of sp³-hybridized carbons (Fsp3) is 0.680. The van der Waals surface area contributed by atoms with E-state index in [4.69, 9.17) is 31.5 Å². The molecule has 10 heteroatoms. The molecule has 0 spiro atoms. The van der Waals surface area contributed by atoms with Gasteiger partial charge in [-0.05, 0) is 52.5 Å². The van der Waals surface area contributed by atoms with Gasteiger partial charge in [-0.25, -0.2) is 4.79 Å². The molecular weight excluding hydrogens is 472 g/mol. The molecule has 2 saturated heterocycles. The number of likely N-dealkylation sites (tertiary alicyclic amines) is 1. The molecule has 2 aliphatic heterocycles. The minimum atomic E-state index is -0.475. The molecule has 1 atom stereocenters. The largest absolute Gasteiger partial charge is 0.493 e. The second-order valence-corrected chi connectivity index (χ2v) is 10.6. The summed E-state index contributed by atoms with van der Waals surface area (Å²) in [6, 6.07) is 3.11. The fourth-order valence-corrected chi connectivity index (χ4v) is 4.55. The number of hydrogen-bond donors (Lipinski definition) is 2. The Balaban J connectivity index is 1.45. The van der Waals surface area contributed by atoms with Gasteiger partial charge >= 0.3 is 6.09 Å². The summed E-state index contributed by atoms with van der Waals surface area (Å²) >= 11 is 6.12. The zero-order valence-electron chi connectivity index (χ0n) is 21.3. The first-order valence-corrected chi connectivity index (χ1v) is 12.8. The van der Waals surface area contributed by atoms with Crippen molar-refractivity contribution in [3.8, 4) is 5.75 Å². The van der Waals surface area contributed by atoms with Gasteiger partial charge in [0.25, 0.3) is 5.91 Å². The van der Waals surface area contributed by atoms with Crippen LogP contribution in [0.3, 0.4) is 0 Å². The number of halogens is 1. The van der Waals surface area contributed by atoms with E-state index in [9.17, 15) is 9.59 Å². The molecule has 196 valence electrons. The Morgan fingerprint density at radius 3 is 2.60 bits per heavy atom. The van der Waals surface area contributed by atoms with Crippen molar-refractivity contribution >= 4 is 29.3 Å². The first kappa shape index (κ1) is 27.4. The average molecular weight is 511 g/mol. The van der Waals surface area contributed by atoms with Crippen LogP contribution in [0.1, 0.15) is 50.9 Å². The number of anilines is 1. The molecule has 2 heterocycles. The molecule has 3 N–H and O–H groups in total. The monoisotopic (exact) mass is 510 g/mol. The van der Waals surface area contributed by atoms with Crippen LogP contribution in [-0.4, -0.2) is 86.0 Å². The number of morpholine rings is 1. The van der Waals surface area contributed by atoms with Gasteiger partial charge in [-0.2, -0.15) is 0 Å². The van der Waals surface area contributed by atoms with Crippen LogP contribution in [0.15, 0.2) is 12.1 Å². The number of nitrogens with one attached hydrogen (secondary N) is 1. The zero-order chi connectivity index (χ0) is 25.6. The lowest BCUT2D eigenvalue weighted by Gasteiger charge is -2.38. The molecule has 2 amide bonds. The maximum atomic E-state index is 12.8. The summed E-state index contributed by atoms with van der Waals surface area (Å²) < 4.78 is 17.0. The van der Waals surface area contributed by atoms with Crippen LogP contribution in [-0.2, 0) is 9.47 Å². The minimum Gasteiger partial charge on any atom is -0.493 e. The van der Waals surface area contributed by atoms with Gasteiger partial charge < -0.3 is 30.2 Å². The van der Waals surface area contributed by atoms with E-state index in [1.165, 1.54) is 6.07 Å². The Morgan fingerprint density at radius 1 is 1.23 bits per heavy atom. The SMILES string of the molecule is CCOc1cc(N)c(Cl)cc1C(=O)NCC1CN(CC2CCN(C(=O)OC(C)(C)C)CC2)CCO1. The molecule has 9 nitrogen and oxygen atoms in total. The topological polar surface area (TPSA) is 106 Å². The normalized spacial score (nSPS) is 19.9. The Morgan fingerprint density at radius 2 is 1.94 bits per heavy atom. The zero-order valence-corrected chi connectivity index (χ0v) is 22.0. The maximum absolute atomic E-state index is 12.8. The van der Waals surface area contributed by atoms with Crippen LogP contribution in [0.5, 0.6) is 5.75 Å². The van der Waals surface area contributed by atoms with E-state index >= 15 is 0 Å². The van der Waals surface area contributed by atoms with Crippen molar-refractivity contribution in [3.63, 3.8) is 0 Å². The second kappa shape index (κ2) is 12.1. The third-order valence-electron chi connectivity index (χ3n) is 6.14. The molecule has 0 aromatic heterocycles. The number of nitrogens with two attached hydrogens (primary N) is 1. The summed E-state index contributed by atoms with van der Waals surface area (Å²) in [4.78, 5) is 29.3. The van der Waals surface area contributed by atoms with Crippen LogP contribution in [0.4, 0.5) is 10.5 Å². The summed E-state index contributed by atoms with van der Waals surface area (Å²) in [7, 11) is 0. The predicted molar refractivity (Wildman–Crippen MR) is 136 cm³/mol. The van der Waals surface area contributed by atoms with Crippen LogP contribution in [0.2, 0.25) is 5.02 Å². The number of carbonyl (C=O) groups excluding carboxylic acids is 2. The summed E-state index contributed by atoms with van der Waals surface area (Å²) in [5, 5.41) is 3.26. The molecule has 2 fully saturated rings. The third-order valence-corrected chi connectivity index (χ3v) is 6.47. The van der Waals surface area contributed by atoms with E-state index in [-0.39, 0.29) is 18.1 Å². The van der Waals surface area contributed by atoms with Crippen molar-refractivity contribution in [2.75, 3.05) is 58.2 Å². The van der Waals surface area contributed by atoms with Gasteiger partial charge in [0.1, 0.15) is 11.4 Å². The number of ether oxygens (including phenoxy) is 3. The Labute approximate surface area is 213 Å². The molecule has 2 aliphatic rings. The van der Waals surface area contributed by atoms with E-state index in [2.05, 4.69) is 10.2 Å². The van der Waals surface area contributed by atoms with E-state index in [0.29, 0.717) is 47.7 Å². The van der Waals surface area contributed by atoms with Crippen molar-refractivity contribution in [1.82, 2.24) is 15.1 Å². The van der Waals surface area contributed by atoms with Crippen molar-refractivity contribution in [1.29, 1.82) is 0 Å². The molecule has 1 aromatic rings. The highest BCUT2D eigenvalue weighted by Gasteiger charge is 2.29. The van der Waals surface area contributed by atoms with Crippen LogP contribution in [0.25, 0.3) is 0 Å². The molecule has 0 radical (unpaired) electrons. The molecule has 1 aromatic carbocycles. The molecule has 0 saturated carbocycles. The number of nitrogen functional groups attached to an aromatic ring is 1. The molecule has 0 aliphatic carbocycles. The molecule has 3 rings (SSSR count). The van der Waals surface area contributed by atoms with E-state index in [0.717, 1.165) is 45.6 Å². The maximum Gasteiger partial charge on any atom is 0.410 e. The molecule has 1 unspecified atom stereocenters. The lowest BCUT2D eigenvalue weighted by atomic mass is 9.96. The predicted octanol–water partition coefficient (Wildman–Crippen LogP) is 3.40. The standard InChI is InChI=1S/C25H39ClN4O5/c1-5-33-22-13-21(27)20(26)12-19(22)23(31)28-14-18-16-29(10-11-34-18)15-17-6-8-30(9-7-17)24(32)35-25(2,3)4/h12-13,17-18H,5-11,14-16,27H2,1-4H3,(H,28,31). The molecular formula is C25H39ClN4O5. The summed E-state index contributed by atoms with van der Waals surface area (Å²) in [5.74, 6) is 0.661. The number of benzene rings is 1.